The van der Waals surface area contributed by atoms with Gasteiger partial charge in [0, 0.05) is 43.4 Å². The molecule has 0 radical (unpaired) electrons. The topological polar surface area (TPSA) is 80.0 Å². The molecule has 2 unspecified atom stereocenters. The van der Waals surface area contributed by atoms with Crippen LogP contribution < -0.4 is 4.74 Å². The van der Waals surface area contributed by atoms with Crippen molar-refractivity contribution in [1.82, 2.24) is 14.5 Å². The molecule has 0 bridgehead atoms. The van der Waals surface area contributed by atoms with Crippen LogP contribution in [-0.4, -0.2) is 52.0 Å². The minimum Gasteiger partial charge on any atom is -0.495 e. The van der Waals surface area contributed by atoms with Crippen molar-refractivity contribution in [1.29, 1.82) is 0 Å². The minimum absolute atomic E-state index is 0.0298. The van der Waals surface area contributed by atoms with Gasteiger partial charge in [0.25, 0.3) is 0 Å². The van der Waals surface area contributed by atoms with Crippen LogP contribution in [-0.2, 0) is 4.79 Å². The average Bonchev–Trinajstić information content (AvgIpc) is 3.44. The van der Waals surface area contributed by atoms with Crippen LogP contribution >= 0.6 is 0 Å². The number of amides is 1. The van der Waals surface area contributed by atoms with Crippen molar-refractivity contribution in [3.8, 4) is 11.4 Å². The van der Waals surface area contributed by atoms with Gasteiger partial charge in [-0.1, -0.05) is 36.4 Å². The number of aromatic nitrogens is 2. The molecular formula is C25H26N4O3. The highest BCUT2D eigenvalue weighted by Gasteiger charge is 2.34. The van der Waals surface area contributed by atoms with Crippen LogP contribution in [0.25, 0.3) is 11.8 Å². The molecule has 1 aliphatic rings. The van der Waals surface area contributed by atoms with Crippen LogP contribution in [0.3, 0.4) is 0 Å². The van der Waals surface area contributed by atoms with E-state index in [1.165, 1.54) is 6.21 Å². The second kappa shape index (κ2) is 9.51. The van der Waals surface area contributed by atoms with Crippen LogP contribution in [0.4, 0.5) is 0 Å². The summed E-state index contributed by atoms with van der Waals surface area (Å²) < 4.78 is 7.45. The van der Waals surface area contributed by atoms with E-state index in [-0.39, 0.29) is 17.7 Å². The molecule has 2 aromatic carbocycles. The van der Waals surface area contributed by atoms with E-state index in [4.69, 9.17) is 9.94 Å². The Morgan fingerprint density at radius 2 is 2.03 bits per heavy atom. The van der Waals surface area contributed by atoms with E-state index in [0.717, 1.165) is 22.5 Å². The molecule has 7 heteroatoms. The number of imidazole rings is 1. The van der Waals surface area contributed by atoms with Crippen LogP contribution in [0.15, 0.2) is 72.3 Å². The van der Waals surface area contributed by atoms with Gasteiger partial charge in [0.1, 0.15) is 5.75 Å². The van der Waals surface area contributed by atoms with Gasteiger partial charge < -0.3 is 19.4 Å². The van der Waals surface area contributed by atoms with E-state index in [2.05, 4.69) is 10.1 Å². The summed E-state index contributed by atoms with van der Waals surface area (Å²) in [5.74, 6) is 0.690. The summed E-state index contributed by atoms with van der Waals surface area (Å²) in [7, 11) is 1.62. The summed E-state index contributed by atoms with van der Waals surface area (Å²) in [4.78, 5) is 18.9. The molecule has 164 valence electrons. The maximum atomic E-state index is 12.9. The second-order valence-corrected chi connectivity index (χ2v) is 7.88. The van der Waals surface area contributed by atoms with Gasteiger partial charge in [0.2, 0.25) is 5.91 Å². The molecule has 4 rings (SSSR count). The van der Waals surface area contributed by atoms with Crippen LogP contribution in [0, 0.1) is 12.8 Å². The quantitative estimate of drug-likeness (QED) is 0.278. The van der Waals surface area contributed by atoms with Crippen molar-refractivity contribution in [3.63, 3.8) is 0 Å². The van der Waals surface area contributed by atoms with E-state index in [1.54, 1.807) is 30.5 Å². The molecule has 7 nitrogen and oxygen atoms in total. The van der Waals surface area contributed by atoms with E-state index >= 15 is 0 Å². The van der Waals surface area contributed by atoms with E-state index in [9.17, 15) is 4.79 Å². The smallest absolute Gasteiger partial charge is 0.246 e. The summed E-state index contributed by atoms with van der Waals surface area (Å²) in [6.07, 6.45) is 8.57. The molecule has 1 fully saturated rings. The standard InChI is InChI=1S/C25H26N4O3/c1-18-14-29(17-26-18)23-10-8-19(12-24(23)32-2)9-11-25(30)28-15-21(13-27-31)22(16-28)20-6-4-3-5-7-20/h3-14,17,21-22,31H,15-16H2,1-2H3/b11-9?,27-13-. The summed E-state index contributed by atoms with van der Waals surface area (Å²) in [5, 5.41) is 12.3. The predicted molar refractivity (Wildman–Crippen MR) is 123 cm³/mol. The molecule has 0 saturated carbocycles. The van der Waals surface area contributed by atoms with Gasteiger partial charge in [0.15, 0.2) is 0 Å². The third kappa shape index (κ3) is 4.56. The molecule has 1 amide bonds. The molecule has 0 spiro atoms. The third-order valence-corrected chi connectivity index (χ3v) is 5.77. The Hall–Kier alpha value is -3.87. The predicted octanol–water partition coefficient (Wildman–Crippen LogP) is 3.90. The molecule has 32 heavy (non-hydrogen) atoms. The van der Waals surface area contributed by atoms with Crippen molar-refractivity contribution in [2.45, 2.75) is 12.8 Å². The normalized spacial score (nSPS) is 18.6. The zero-order valence-electron chi connectivity index (χ0n) is 18.1. The van der Waals surface area contributed by atoms with Gasteiger partial charge in [-0.05, 0) is 36.3 Å². The monoisotopic (exact) mass is 430 g/mol. The van der Waals surface area contributed by atoms with Gasteiger partial charge in [-0.15, -0.1) is 5.16 Å². The number of carbonyl (C=O) groups is 1. The number of carbonyl (C=O) groups excluding carboxylic acids is 1. The Balaban J connectivity index is 1.49. The fraction of sp³-hybridized carbons (Fsp3) is 0.240. The first-order valence-corrected chi connectivity index (χ1v) is 10.5. The summed E-state index contributed by atoms with van der Waals surface area (Å²) in [6.45, 7) is 3.02. The number of ether oxygens (including phenoxy) is 1. The molecule has 2 heterocycles. The lowest BCUT2D eigenvalue weighted by Gasteiger charge is -2.15. The van der Waals surface area contributed by atoms with E-state index in [1.807, 2.05) is 66.2 Å². The molecule has 3 aromatic rings. The lowest BCUT2D eigenvalue weighted by Crippen LogP contribution is -2.27. The van der Waals surface area contributed by atoms with Gasteiger partial charge in [-0.3, -0.25) is 4.79 Å². The molecule has 0 aliphatic carbocycles. The van der Waals surface area contributed by atoms with Crippen molar-refractivity contribution >= 4 is 18.2 Å². The largest absolute Gasteiger partial charge is 0.495 e. The number of hydrogen-bond acceptors (Lipinski definition) is 5. The summed E-state index contributed by atoms with van der Waals surface area (Å²) in [5.41, 5.74) is 3.80. The van der Waals surface area contributed by atoms with Crippen LogP contribution in [0.2, 0.25) is 0 Å². The Morgan fingerprint density at radius 1 is 1.22 bits per heavy atom. The number of nitrogens with zero attached hydrogens (tertiary/aromatic N) is 4. The fourth-order valence-corrected chi connectivity index (χ4v) is 4.14. The number of benzene rings is 2. The second-order valence-electron chi connectivity index (χ2n) is 7.88. The number of likely N-dealkylation sites (tertiary alicyclic amines) is 1. The van der Waals surface area contributed by atoms with Gasteiger partial charge in [-0.2, -0.15) is 0 Å². The zero-order chi connectivity index (χ0) is 22.5. The number of oxime groups is 1. The van der Waals surface area contributed by atoms with Gasteiger partial charge in [-0.25, -0.2) is 4.98 Å². The molecule has 1 aliphatic heterocycles. The van der Waals surface area contributed by atoms with E-state index < -0.39 is 0 Å². The summed E-state index contributed by atoms with van der Waals surface area (Å²) >= 11 is 0. The first-order valence-electron chi connectivity index (χ1n) is 10.5. The number of hydrogen-bond donors (Lipinski definition) is 1. The zero-order valence-corrected chi connectivity index (χ0v) is 18.1. The van der Waals surface area contributed by atoms with E-state index in [0.29, 0.717) is 18.8 Å². The first-order chi connectivity index (χ1) is 15.6. The fourth-order valence-electron chi connectivity index (χ4n) is 4.14. The summed E-state index contributed by atoms with van der Waals surface area (Å²) in [6, 6.07) is 15.8. The van der Waals surface area contributed by atoms with Crippen molar-refractivity contribution < 1.29 is 14.7 Å². The van der Waals surface area contributed by atoms with Crippen molar-refractivity contribution in [2.24, 2.45) is 11.1 Å². The Kier molecular flexibility index (Phi) is 6.35. The third-order valence-electron chi connectivity index (χ3n) is 5.77. The lowest BCUT2D eigenvalue weighted by molar-refractivity contribution is -0.125. The first kappa shape index (κ1) is 21.4. The van der Waals surface area contributed by atoms with Gasteiger partial charge in [0.05, 0.1) is 24.8 Å². The lowest BCUT2D eigenvalue weighted by atomic mass is 9.90. The molecule has 1 N–H and O–H groups in total. The Morgan fingerprint density at radius 3 is 2.72 bits per heavy atom. The maximum absolute atomic E-state index is 12.9. The molecular weight excluding hydrogens is 404 g/mol. The SMILES string of the molecule is COc1cc(C=CC(=O)N2CC(/C=N\O)C(c3ccccc3)C2)ccc1-n1cnc(C)c1. The molecule has 1 saturated heterocycles. The highest BCUT2D eigenvalue weighted by molar-refractivity contribution is 5.92. The average molecular weight is 431 g/mol. The highest BCUT2D eigenvalue weighted by atomic mass is 16.5. The van der Waals surface area contributed by atoms with Crippen molar-refractivity contribution in [3.05, 3.63) is 84.0 Å². The van der Waals surface area contributed by atoms with Gasteiger partial charge >= 0.3 is 0 Å². The molecule has 2 atom stereocenters. The Labute approximate surface area is 187 Å². The van der Waals surface area contributed by atoms with Crippen molar-refractivity contribution in [2.75, 3.05) is 20.2 Å². The number of aryl methyl sites for hydroxylation is 1. The highest BCUT2D eigenvalue weighted by Crippen LogP contribution is 2.32. The van der Waals surface area contributed by atoms with Crippen LogP contribution in [0.1, 0.15) is 22.7 Å². The molecule has 1 aromatic heterocycles. The Bertz CT molecular complexity index is 1140. The van der Waals surface area contributed by atoms with Crippen LogP contribution in [0.5, 0.6) is 5.75 Å². The number of methoxy groups -OCH3 is 1. The maximum Gasteiger partial charge on any atom is 0.246 e. The number of rotatable bonds is 6. The minimum atomic E-state index is -0.0759.